The van der Waals surface area contributed by atoms with Crippen LogP contribution in [0.2, 0.25) is 0 Å². The number of carbonyl (C=O) groups is 1. The minimum absolute atomic E-state index is 0.385. The van der Waals surface area contributed by atoms with Crippen LogP contribution in [0.3, 0.4) is 0 Å². The van der Waals surface area contributed by atoms with E-state index in [0.717, 1.165) is 24.8 Å². The number of amides is 1. The third kappa shape index (κ3) is 17.5. The summed E-state index contributed by atoms with van der Waals surface area (Å²) in [4.78, 5) is 12.5. The van der Waals surface area contributed by atoms with Crippen molar-refractivity contribution in [2.75, 3.05) is 11.3 Å². The molecule has 0 heterocycles. The summed E-state index contributed by atoms with van der Waals surface area (Å²) in [6.45, 7) is 6.03. The second-order valence-electron chi connectivity index (χ2n) is 10.4. The lowest BCUT2D eigenvalue weighted by molar-refractivity contribution is -0.124. The molecular weight excluding hydrogens is 486 g/mol. The van der Waals surface area contributed by atoms with Crippen LogP contribution in [0.15, 0.2) is 24.3 Å². The minimum atomic E-state index is -4.02. The number of unbranched alkanes of at least 4 members (excludes halogenated alkanes) is 15. The van der Waals surface area contributed by atoms with Crippen LogP contribution in [0.5, 0.6) is 0 Å². The monoisotopic (exact) mass is 539 g/mol. The summed E-state index contributed by atoms with van der Waals surface area (Å²) < 4.78 is 29.5. The zero-order valence-corrected chi connectivity index (χ0v) is 24.4. The number of hydrogen-bond acceptors (Lipinski definition) is 4. The molecular formula is C29H53N3O4S. The third-order valence-corrected chi connectivity index (χ3v) is 7.75. The van der Waals surface area contributed by atoms with Gasteiger partial charge < -0.3 is 10.4 Å². The topological polar surface area (TPSA) is 108 Å². The van der Waals surface area contributed by atoms with Gasteiger partial charge in [-0.25, -0.2) is 0 Å². The summed E-state index contributed by atoms with van der Waals surface area (Å²) in [5.74, 6) is -0.523. The average molecular weight is 540 g/mol. The van der Waals surface area contributed by atoms with E-state index >= 15 is 0 Å². The Morgan fingerprint density at radius 3 is 1.65 bits per heavy atom. The molecule has 0 aromatic heterocycles. The van der Waals surface area contributed by atoms with E-state index < -0.39 is 28.3 Å². The normalized spacial score (nSPS) is 13.3. The fourth-order valence-corrected chi connectivity index (χ4v) is 5.48. The van der Waals surface area contributed by atoms with E-state index in [2.05, 4.69) is 21.7 Å². The summed E-state index contributed by atoms with van der Waals surface area (Å²) in [6.07, 6.45) is 19.4. The van der Waals surface area contributed by atoms with E-state index in [-0.39, 0.29) is 0 Å². The SMILES string of the molecule is CCCCCCCCCCCCCCCCCCNC(=O)[C@@H](NS(=O)(=O)Nc1ccc(C)cc1)[C@@H](C)O. The van der Waals surface area contributed by atoms with E-state index in [0.29, 0.717) is 12.2 Å². The number of anilines is 1. The van der Waals surface area contributed by atoms with Crippen molar-refractivity contribution in [1.82, 2.24) is 10.0 Å². The highest BCUT2D eigenvalue weighted by atomic mass is 32.2. The molecule has 0 aliphatic carbocycles. The Morgan fingerprint density at radius 1 is 0.784 bits per heavy atom. The molecule has 0 saturated carbocycles. The van der Waals surface area contributed by atoms with Crippen LogP contribution in [-0.2, 0) is 15.0 Å². The van der Waals surface area contributed by atoms with Crippen LogP contribution in [0.1, 0.15) is 122 Å². The lowest BCUT2D eigenvalue weighted by Crippen LogP contribution is -2.53. The molecule has 2 atom stereocenters. The highest BCUT2D eigenvalue weighted by Crippen LogP contribution is 2.14. The maximum Gasteiger partial charge on any atom is 0.299 e. The van der Waals surface area contributed by atoms with E-state index in [9.17, 15) is 18.3 Å². The molecule has 0 spiro atoms. The first-order valence-corrected chi connectivity index (χ1v) is 16.1. The molecule has 0 bridgehead atoms. The predicted octanol–water partition coefficient (Wildman–Crippen LogP) is 6.37. The van der Waals surface area contributed by atoms with Crippen molar-refractivity contribution in [1.29, 1.82) is 0 Å². The van der Waals surface area contributed by atoms with Gasteiger partial charge in [0, 0.05) is 12.2 Å². The van der Waals surface area contributed by atoms with Gasteiger partial charge in [-0.1, -0.05) is 121 Å². The molecule has 0 unspecified atom stereocenters. The molecule has 214 valence electrons. The van der Waals surface area contributed by atoms with Gasteiger partial charge >= 0.3 is 0 Å². The van der Waals surface area contributed by atoms with Gasteiger partial charge in [-0.15, -0.1) is 0 Å². The molecule has 0 aliphatic rings. The van der Waals surface area contributed by atoms with Gasteiger partial charge in [0.1, 0.15) is 6.04 Å². The molecule has 1 rings (SSSR count). The molecule has 0 aliphatic heterocycles. The van der Waals surface area contributed by atoms with Crippen LogP contribution in [-0.4, -0.2) is 38.1 Å². The van der Waals surface area contributed by atoms with Gasteiger partial charge in [0.05, 0.1) is 6.10 Å². The molecule has 7 nitrogen and oxygen atoms in total. The van der Waals surface area contributed by atoms with Gasteiger partial charge in [0.15, 0.2) is 0 Å². The van der Waals surface area contributed by atoms with Gasteiger partial charge in [0.25, 0.3) is 10.2 Å². The van der Waals surface area contributed by atoms with Crippen molar-refractivity contribution in [2.24, 2.45) is 0 Å². The number of nitrogens with one attached hydrogen (secondary N) is 3. The Hall–Kier alpha value is -1.64. The van der Waals surface area contributed by atoms with Crippen LogP contribution in [0.4, 0.5) is 5.69 Å². The Balaban J connectivity index is 2.09. The largest absolute Gasteiger partial charge is 0.391 e. The Bertz CT molecular complexity index is 813. The number of rotatable bonds is 23. The van der Waals surface area contributed by atoms with Crippen LogP contribution >= 0.6 is 0 Å². The van der Waals surface area contributed by atoms with E-state index in [1.807, 2.05) is 6.92 Å². The summed E-state index contributed by atoms with van der Waals surface area (Å²) in [5, 5.41) is 12.7. The first-order valence-electron chi connectivity index (χ1n) is 14.6. The minimum Gasteiger partial charge on any atom is -0.391 e. The number of hydrogen-bond donors (Lipinski definition) is 4. The van der Waals surface area contributed by atoms with E-state index in [4.69, 9.17) is 0 Å². The lowest BCUT2D eigenvalue weighted by Gasteiger charge is -2.21. The fourth-order valence-electron chi connectivity index (χ4n) is 4.34. The maximum absolute atomic E-state index is 12.5. The molecule has 1 aromatic rings. The van der Waals surface area contributed by atoms with E-state index in [1.54, 1.807) is 24.3 Å². The van der Waals surface area contributed by atoms with Crippen molar-refractivity contribution in [3.05, 3.63) is 29.8 Å². The van der Waals surface area contributed by atoms with Crippen molar-refractivity contribution >= 4 is 21.8 Å². The molecule has 37 heavy (non-hydrogen) atoms. The van der Waals surface area contributed by atoms with Crippen molar-refractivity contribution in [3.63, 3.8) is 0 Å². The fraction of sp³-hybridized carbons (Fsp3) is 0.759. The van der Waals surface area contributed by atoms with Crippen molar-refractivity contribution in [3.8, 4) is 0 Å². The number of aryl methyl sites for hydroxylation is 1. The van der Waals surface area contributed by atoms with Gasteiger partial charge in [0.2, 0.25) is 5.91 Å². The maximum atomic E-state index is 12.5. The number of aliphatic hydroxyl groups is 1. The third-order valence-electron chi connectivity index (χ3n) is 6.68. The molecule has 0 radical (unpaired) electrons. The highest BCUT2D eigenvalue weighted by Gasteiger charge is 2.28. The summed E-state index contributed by atoms with van der Waals surface area (Å²) >= 11 is 0. The average Bonchev–Trinajstić information content (AvgIpc) is 2.85. The zero-order chi connectivity index (χ0) is 27.4. The Morgan fingerprint density at radius 2 is 1.22 bits per heavy atom. The molecule has 0 saturated heterocycles. The van der Waals surface area contributed by atoms with Crippen LogP contribution in [0.25, 0.3) is 0 Å². The predicted molar refractivity (Wildman–Crippen MR) is 155 cm³/mol. The second kappa shape index (κ2) is 20.3. The summed E-state index contributed by atoms with van der Waals surface area (Å²) in [7, 11) is -4.02. The molecule has 8 heteroatoms. The van der Waals surface area contributed by atoms with E-state index in [1.165, 1.54) is 90.4 Å². The quantitative estimate of drug-likeness (QED) is 0.121. The second-order valence-corrected chi connectivity index (χ2v) is 11.8. The zero-order valence-electron chi connectivity index (χ0n) is 23.6. The van der Waals surface area contributed by atoms with Gasteiger partial charge in [-0.3, -0.25) is 9.52 Å². The van der Waals surface area contributed by atoms with Gasteiger partial charge in [-0.2, -0.15) is 13.1 Å². The standard InChI is InChI=1S/C29H53N3O4S/c1-4-5-6-7-8-9-10-11-12-13-14-15-16-17-18-19-24-30-29(34)28(26(3)33)32-37(35,36)31-27-22-20-25(2)21-23-27/h20-23,26,28,31-33H,4-19,24H2,1-3H3,(H,30,34)/t26-,28+/m1/s1. The lowest BCUT2D eigenvalue weighted by atomic mass is 10.0. The number of benzene rings is 1. The molecule has 1 aromatic carbocycles. The first-order chi connectivity index (χ1) is 17.7. The van der Waals surface area contributed by atoms with Crippen LogP contribution in [0, 0.1) is 6.92 Å². The summed E-state index contributed by atoms with van der Waals surface area (Å²) in [5.41, 5.74) is 1.39. The van der Waals surface area contributed by atoms with Crippen LogP contribution < -0.4 is 14.8 Å². The Labute approximate surface area is 226 Å². The molecule has 4 N–H and O–H groups in total. The van der Waals surface area contributed by atoms with Crippen molar-refractivity contribution in [2.45, 2.75) is 136 Å². The number of aliphatic hydroxyl groups excluding tert-OH is 1. The Kier molecular flexibility index (Phi) is 18.4. The van der Waals surface area contributed by atoms with Gasteiger partial charge in [-0.05, 0) is 32.4 Å². The van der Waals surface area contributed by atoms with Crippen molar-refractivity contribution < 1.29 is 18.3 Å². The first kappa shape index (κ1) is 33.4. The number of carbonyl (C=O) groups excluding carboxylic acids is 1. The highest BCUT2D eigenvalue weighted by molar-refractivity contribution is 7.90. The smallest absolute Gasteiger partial charge is 0.299 e. The molecule has 0 fully saturated rings. The molecule has 1 amide bonds. The summed E-state index contributed by atoms with van der Waals surface area (Å²) in [6, 6.07) is 5.60.